The van der Waals surface area contributed by atoms with Crippen molar-refractivity contribution in [3.63, 3.8) is 0 Å². The smallest absolute Gasteiger partial charge is 0.307 e. The van der Waals surface area contributed by atoms with E-state index < -0.39 is 16.8 Å². The molecular weight excluding hydrogens is 272 g/mol. The molecule has 0 amide bonds. The van der Waals surface area contributed by atoms with Gasteiger partial charge in [0.15, 0.2) is 0 Å². The first kappa shape index (κ1) is 14.5. The Balaban J connectivity index is 2.09. The molecule has 1 unspecified atom stereocenters. The van der Waals surface area contributed by atoms with Gasteiger partial charge in [-0.1, -0.05) is 42.5 Å². The van der Waals surface area contributed by atoms with Crippen molar-refractivity contribution in [2.75, 3.05) is 0 Å². The molecule has 104 valence electrons. The lowest BCUT2D eigenvalue weighted by Gasteiger charge is -2.06. The normalized spacial score (nSPS) is 12.1. The fourth-order valence-corrected chi connectivity index (χ4v) is 3.28. The van der Waals surface area contributed by atoms with Crippen molar-refractivity contribution in [1.82, 2.24) is 0 Å². The van der Waals surface area contributed by atoms with Gasteiger partial charge in [0.1, 0.15) is 0 Å². The third kappa shape index (κ3) is 3.78. The summed E-state index contributed by atoms with van der Waals surface area (Å²) in [5.74, 6) is -0.403. The van der Waals surface area contributed by atoms with Crippen LogP contribution in [0.4, 0.5) is 0 Å². The van der Waals surface area contributed by atoms with Gasteiger partial charge in [-0.05, 0) is 29.7 Å². The summed E-state index contributed by atoms with van der Waals surface area (Å²) >= 11 is 0. The van der Waals surface area contributed by atoms with E-state index in [1.807, 2.05) is 43.3 Å². The van der Waals surface area contributed by atoms with E-state index in [2.05, 4.69) is 0 Å². The quantitative estimate of drug-likeness (QED) is 0.920. The van der Waals surface area contributed by atoms with Crippen molar-refractivity contribution in [1.29, 1.82) is 0 Å². The van der Waals surface area contributed by atoms with Crippen molar-refractivity contribution in [3.8, 4) is 0 Å². The molecule has 0 spiro atoms. The lowest BCUT2D eigenvalue weighted by molar-refractivity contribution is -0.136. The first-order valence-corrected chi connectivity index (χ1v) is 7.62. The number of rotatable bonds is 5. The minimum Gasteiger partial charge on any atom is -0.481 e. The maximum absolute atomic E-state index is 12.3. The molecule has 2 aromatic rings. The van der Waals surface area contributed by atoms with Gasteiger partial charge in [0.05, 0.1) is 23.0 Å². The maximum Gasteiger partial charge on any atom is 0.307 e. The average molecular weight is 288 g/mol. The summed E-state index contributed by atoms with van der Waals surface area (Å²) in [6, 6.07) is 14.9. The molecule has 1 N–H and O–H groups in total. The molecule has 3 nitrogen and oxygen atoms in total. The molecule has 0 saturated heterocycles. The Bertz CT molecular complexity index is 632. The number of carbonyl (C=O) groups is 1. The number of carboxylic acid groups (broad SMARTS) is 1. The summed E-state index contributed by atoms with van der Waals surface area (Å²) < 4.78 is 12.3. The number of benzene rings is 2. The molecule has 2 rings (SSSR count). The number of hydrogen-bond donors (Lipinski definition) is 1. The molecule has 1 atom stereocenters. The summed E-state index contributed by atoms with van der Waals surface area (Å²) in [4.78, 5) is 11.5. The van der Waals surface area contributed by atoms with E-state index in [1.54, 1.807) is 12.1 Å². The van der Waals surface area contributed by atoms with Crippen LogP contribution in [0.15, 0.2) is 53.4 Å². The van der Waals surface area contributed by atoms with Crippen LogP contribution in [0.1, 0.15) is 16.7 Å². The fourth-order valence-electron chi connectivity index (χ4n) is 1.97. The highest BCUT2D eigenvalue weighted by molar-refractivity contribution is 7.84. The molecule has 0 aliphatic rings. The first-order chi connectivity index (χ1) is 9.56. The molecule has 0 aliphatic carbocycles. The highest BCUT2D eigenvalue weighted by Gasteiger charge is 2.08. The SMILES string of the molecule is Cc1ccccc1S(=O)Cc1ccc(CC(=O)O)cc1. The molecule has 0 heterocycles. The van der Waals surface area contributed by atoms with Crippen LogP contribution in [-0.2, 0) is 27.8 Å². The summed E-state index contributed by atoms with van der Waals surface area (Å²) in [6.07, 6.45) is 0.0150. The maximum atomic E-state index is 12.3. The number of aliphatic carboxylic acids is 1. The zero-order chi connectivity index (χ0) is 14.5. The second-order valence-electron chi connectivity index (χ2n) is 4.64. The van der Waals surface area contributed by atoms with E-state index in [0.717, 1.165) is 21.6 Å². The molecule has 0 saturated carbocycles. The summed E-state index contributed by atoms with van der Waals surface area (Å²) in [7, 11) is -1.08. The van der Waals surface area contributed by atoms with Gasteiger partial charge in [-0.25, -0.2) is 0 Å². The van der Waals surface area contributed by atoms with E-state index in [0.29, 0.717) is 5.75 Å². The third-order valence-electron chi connectivity index (χ3n) is 3.01. The van der Waals surface area contributed by atoms with Gasteiger partial charge in [0.25, 0.3) is 0 Å². The Morgan fingerprint density at radius 2 is 1.65 bits per heavy atom. The van der Waals surface area contributed by atoms with Crippen LogP contribution < -0.4 is 0 Å². The molecule has 0 radical (unpaired) electrons. The van der Waals surface area contributed by atoms with Crippen molar-refractivity contribution in [3.05, 3.63) is 65.2 Å². The number of carboxylic acids is 1. The van der Waals surface area contributed by atoms with Crippen LogP contribution in [0, 0.1) is 6.92 Å². The van der Waals surface area contributed by atoms with Crippen LogP contribution in [0.25, 0.3) is 0 Å². The fraction of sp³-hybridized carbons (Fsp3) is 0.188. The van der Waals surface area contributed by atoms with Gasteiger partial charge < -0.3 is 5.11 Å². The van der Waals surface area contributed by atoms with Gasteiger partial charge in [-0.15, -0.1) is 0 Å². The molecule has 0 aromatic heterocycles. The van der Waals surface area contributed by atoms with Crippen LogP contribution in [-0.4, -0.2) is 15.3 Å². The van der Waals surface area contributed by atoms with Crippen molar-refractivity contribution < 1.29 is 14.1 Å². The lowest BCUT2D eigenvalue weighted by Crippen LogP contribution is -2.01. The summed E-state index contributed by atoms with van der Waals surface area (Å²) in [5.41, 5.74) is 2.72. The molecule has 2 aromatic carbocycles. The van der Waals surface area contributed by atoms with Gasteiger partial charge in [0, 0.05) is 4.90 Å². The zero-order valence-corrected chi connectivity index (χ0v) is 12.0. The summed E-state index contributed by atoms with van der Waals surface area (Å²) in [5, 5.41) is 8.71. The Morgan fingerprint density at radius 1 is 1.05 bits per heavy atom. The topological polar surface area (TPSA) is 54.4 Å². The Labute approximate surface area is 120 Å². The Kier molecular flexibility index (Phi) is 4.69. The monoisotopic (exact) mass is 288 g/mol. The minimum atomic E-state index is -1.08. The standard InChI is InChI=1S/C16H16O3S/c1-12-4-2-3-5-15(12)20(19)11-14-8-6-13(7-9-14)10-16(17)18/h2-9H,10-11H2,1H3,(H,17,18). The molecular formula is C16H16O3S. The second kappa shape index (κ2) is 6.48. The van der Waals surface area contributed by atoms with Crippen molar-refractivity contribution >= 4 is 16.8 Å². The van der Waals surface area contributed by atoms with Gasteiger partial charge >= 0.3 is 5.97 Å². The predicted molar refractivity (Wildman–Crippen MR) is 79.1 cm³/mol. The van der Waals surface area contributed by atoms with E-state index in [1.165, 1.54) is 0 Å². The van der Waals surface area contributed by atoms with Gasteiger partial charge in [0.2, 0.25) is 0 Å². The second-order valence-corrected chi connectivity index (χ2v) is 6.06. The number of aryl methyl sites for hydroxylation is 1. The lowest BCUT2D eigenvalue weighted by atomic mass is 10.1. The van der Waals surface area contributed by atoms with E-state index in [4.69, 9.17) is 5.11 Å². The molecule has 4 heteroatoms. The van der Waals surface area contributed by atoms with Crippen LogP contribution in [0.2, 0.25) is 0 Å². The summed E-state index contributed by atoms with van der Waals surface area (Å²) in [6.45, 7) is 1.95. The van der Waals surface area contributed by atoms with Crippen LogP contribution in [0.3, 0.4) is 0 Å². The molecule has 0 fully saturated rings. The van der Waals surface area contributed by atoms with Gasteiger partial charge in [-0.3, -0.25) is 9.00 Å². The van der Waals surface area contributed by atoms with E-state index in [-0.39, 0.29) is 6.42 Å². The minimum absolute atomic E-state index is 0.0150. The molecule has 0 bridgehead atoms. The number of hydrogen-bond acceptors (Lipinski definition) is 2. The largest absolute Gasteiger partial charge is 0.481 e. The zero-order valence-electron chi connectivity index (χ0n) is 11.2. The Hall–Kier alpha value is -1.94. The highest BCUT2D eigenvalue weighted by Crippen LogP contribution is 2.16. The predicted octanol–water partition coefficient (Wildman–Crippen LogP) is 2.93. The third-order valence-corrected chi connectivity index (χ3v) is 4.56. The molecule has 0 aliphatic heterocycles. The van der Waals surface area contributed by atoms with E-state index in [9.17, 15) is 9.00 Å². The molecule has 20 heavy (non-hydrogen) atoms. The van der Waals surface area contributed by atoms with Crippen molar-refractivity contribution in [2.24, 2.45) is 0 Å². The van der Waals surface area contributed by atoms with Gasteiger partial charge in [-0.2, -0.15) is 0 Å². The first-order valence-electron chi connectivity index (χ1n) is 6.30. The van der Waals surface area contributed by atoms with Crippen LogP contribution >= 0.6 is 0 Å². The van der Waals surface area contributed by atoms with Crippen LogP contribution in [0.5, 0.6) is 0 Å². The average Bonchev–Trinajstić information content (AvgIpc) is 2.41. The highest BCUT2D eigenvalue weighted by atomic mass is 32.2. The van der Waals surface area contributed by atoms with E-state index >= 15 is 0 Å². The Morgan fingerprint density at radius 3 is 2.25 bits per heavy atom. The van der Waals surface area contributed by atoms with Crippen molar-refractivity contribution in [2.45, 2.75) is 24.0 Å².